The lowest BCUT2D eigenvalue weighted by atomic mass is 10.1. The number of amides is 2. The molecule has 0 bridgehead atoms. The molecule has 0 saturated carbocycles. The number of pyridine rings is 1. The number of nitrogens with zero attached hydrogens (tertiary/aromatic N) is 1. The van der Waals surface area contributed by atoms with Crippen LogP contribution >= 0.6 is 11.3 Å². The van der Waals surface area contributed by atoms with Gasteiger partial charge in [-0.1, -0.05) is 23.8 Å². The molecule has 4 nitrogen and oxygen atoms in total. The highest BCUT2D eigenvalue weighted by molar-refractivity contribution is 7.19. The molecule has 2 aromatic heterocycles. The van der Waals surface area contributed by atoms with Crippen LogP contribution in [0.5, 0.6) is 0 Å². The molecule has 0 fully saturated rings. The molecule has 0 atom stereocenters. The zero-order chi connectivity index (χ0) is 16.4. The van der Waals surface area contributed by atoms with E-state index < -0.39 is 0 Å². The Morgan fingerprint density at radius 3 is 2.87 bits per heavy atom. The highest BCUT2D eigenvalue weighted by Gasteiger charge is 2.12. The van der Waals surface area contributed by atoms with Gasteiger partial charge in [-0.3, -0.25) is 4.98 Å². The normalized spacial score (nSPS) is 10.7. The molecule has 0 aliphatic heterocycles. The lowest BCUT2D eigenvalue weighted by molar-refractivity contribution is 0.251. The van der Waals surface area contributed by atoms with Crippen molar-refractivity contribution < 1.29 is 4.79 Å². The molecule has 0 aliphatic rings. The second kappa shape index (κ2) is 6.38. The van der Waals surface area contributed by atoms with Crippen LogP contribution in [0.4, 0.5) is 10.5 Å². The Balaban J connectivity index is 1.72. The first kappa shape index (κ1) is 15.5. The molecule has 2 N–H and O–H groups in total. The lowest BCUT2D eigenvalue weighted by Gasteiger charge is -2.10. The zero-order valence-electron chi connectivity index (χ0n) is 13.4. The number of nitrogens with one attached hydrogen (secondary N) is 2. The molecule has 2 amide bonds. The Morgan fingerprint density at radius 2 is 2.04 bits per heavy atom. The molecule has 0 saturated heterocycles. The van der Waals surface area contributed by atoms with Crippen molar-refractivity contribution in [1.82, 2.24) is 10.3 Å². The molecule has 0 unspecified atom stereocenters. The van der Waals surface area contributed by atoms with E-state index in [-0.39, 0.29) is 6.03 Å². The number of carbonyl (C=O) groups excluding carboxylic acids is 1. The third-order valence-corrected chi connectivity index (χ3v) is 4.91. The van der Waals surface area contributed by atoms with Crippen molar-refractivity contribution in [2.75, 3.05) is 5.32 Å². The van der Waals surface area contributed by atoms with Gasteiger partial charge in [0.15, 0.2) is 0 Å². The van der Waals surface area contributed by atoms with Crippen LogP contribution in [0.15, 0.2) is 36.7 Å². The quantitative estimate of drug-likeness (QED) is 0.742. The number of fused-ring (bicyclic) bond motifs is 1. The number of urea groups is 1. The second-order valence-corrected chi connectivity index (χ2v) is 6.90. The van der Waals surface area contributed by atoms with Gasteiger partial charge in [0.1, 0.15) is 0 Å². The first-order valence-corrected chi connectivity index (χ1v) is 8.30. The third kappa shape index (κ3) is 3.35. The Labute approximate surface area is 139 Å². The van der Waals surface area contributed by atoms with Crippen molar-refractivity contribution in [3.63, 3.8) is 0 Å². The van der Waals surface area contributed by atoms with E-state index in [2.05, 4.69) is 47.7 Å². The van der Waals surface area contributed by atoms with Gasteiger partial charge < -0.3 is 10.6 Å². The Bertz CT molecular complexity index is 870. The number of aryl methyl sites for hydroxylation is 3. The SMILES string of the molecule is Cc1ccc(C)c(CNC(=O)Nc2c(C)sc3cnccc23)c1. The van der Waals surface area contributed by atoms with Crippen LogP contribution in [0.2, 0.25) is 0 Å². The van der Waals surface area contributed by atoms with Crippen LogP contribution in [-0.4, -0.2) is 11.0 Å². The maximum absolute atomic E-state index is 12.2. The van der Waals surface area contributed by atoms with Gasteiger partial charge in [-0.05, 0) is 38.0 Å². The van der Waals surface area contributed by atoms with Crippen LogP contribution in [-0.2, 0) is 6.54 Å². The molecule has 0 aliphatic carbocycles. The summed E-state index contributed by atoms with van der Waals surface area (Å²) >= 11 is 1.63. The summed E-state index contributed by atoms with van der Waals surface area (Å²) in [6.07, 6.45) is 3.57. The van der Waals surface area contributed by atoms with E-state index in [1.165, 1.54) is 11.1 Å². The molecular formula is C18H19N3OS. The lowest BCUT2D eigenvalue weighted by Crippen LogP contribution is -2.28. The van der Waals surface area contributed by atoms with Gasteiger partial charge in [0, 0.05) is 29.2 Å². The van der Waals surface area contributed by atoms with E-state index in [4.69, 9.17) is 0 Å². The molecule has 3 rings (SSSR count). The summed E-state index contributed by atoms with van der Waals surface area (Å²) < 4.78 is 1.08. The molecule has 23 heavy (non-hydrogen) atoms. The molecule has 2 heterocycles. The summed E-state index contributed by atoms with van der Waals surface area (Å²) in [6, 6.07) is 8.00. The molecule has 118 valence electrons. The fraction of sp³-hybridized carbons (Fsp3) is 0.222. The molecule has 1 aromatic carbocycles. The van der Waals surface area contributed by atoms with Gasteiger partial charge in [-0.15, -0.1) is 11.3 Å². The van der Waals surface area contributed by atoms with Crippen molar-refractivity contribution in [2.24, 2.45) is 0 Å². The summed E-state index contributed by atoms with van der Waals surface area (Å²) in [6.45, 7) is 6.63. The zero-order valence-corrected chi connectivity index (χ0v) is 14.3. The fourth-order valence-electron chi connectivity index (χ4n) is 2.55. The van der Waals surface area contributed by atoms with E-state index in [1.807, 2.05) is 19.2 Å². The van der Waals surface area contributed by atoms with E-state index in [0.29, 0.717) is 6.54 Å². The Hall–Kier alpha value is -2.40. The summed E-state index contributed by atoms with van der Waals surface area (Å²) in [5, 5.41) is 6.94. The van der Waals surface area contributed by atoms with Gasteiger partial charge in [-0.2, -0.15) is 0 Å². The van der Waals surface area contributed by atoms with Gasteiger partial charge in [-0.25, -0.2) is 4.79 Å². The maximum atomic E-state index is 12.2. The Kier molecular flexibility index (Phi) is 4.30. The number of thiophene rings is 1. The molecular weight excluding hydrogens is 306 g/mol. The van der Waals surface area contributed by atoms with E-state index in [1.54, 1.807) is 17.5 Å². The molecule has 0 radical (unpaired) electrons. The summed E-state index contributed by atoms with van der Waals surface area (Å²) in [7, 11) is 0. The minimum absolute atomic E-state index is 0.189. The summed E-state index contributed by atoms with van der Waals surface area (Å²) in [5.74, 6) is 0. The first-order chi connectivity index (χ1) is 11.0. The molecule has 0 spiro atoms. The van der Waals surface area contributed by atoms with Crippen molar-refractivity contribution in [3.8, 4) is 0 Å². The van der Waals surface area contributed by atoms with Crippen LogP contribution in [0.25, 0.3) is 10.1 Å². The molecule has 3 aromatic rings. The van der Waals surface area contributed by atoms with Crippen LogP contribution in [0.3, 0.4) is 0 Å². The number of rotatable bonds is 3. The van der Waals surface area contributed by atoms with E-state index in [0.717, 1.165) is 26.2 Å². The standard InChI is InChI=1S/C18H19N3OS/c1-11-4-5-12(2)14(8-11)9-20-18(22)21-17-13(3)23-16-10-19-7-6-15(16)17/h4-8,10H,9H2,1-3H3,(H2,20,21,22). The third-order valence-electron chi connectivity index (χ3n) is 3.85. The topological polar surface area (TPSA) is 54.0 Å². The van der Waals surface area contributed by atoms with Crippen LogP contribution in [0, 0.1) is 20.8 Å². The monoisotopic (exact) mass is 325 g/mol. The number of anilines is 1. The summed E-state index contributed by atoms with van der Waals surface area (Å²) in [5.41, 5.74) is 4.38. The number of hydrogen-bond donors (Lipinski definition) is 2. The minimum atomic E-state index is -0.189. The number of carbonyl (C=O) groups is 1. The average molecular weight is 325 g/mol. The fourth-order valence-corrected chi connectivity index (χ4v) is 3.54. The number of hydrogen-bond acceptors (Lipinski definition) is 3. The van der Waals surface area contributed by atoms with Gasteiger partial charge in [0.2, 0.25) is 0 Å². The van der Waals surface area contributed by atoms with Crippen LogP contribution < -0.4 is 10.6 Å². The maximum Gasteiger partial charge on any atom is 0.319 e. The summed E-state index contributed by atoms with van der Waals surface area (Å²) in [4.78, 5) is 17.4. The Morgan fingerprint density at radius 1 is 1.22 bits per heavy atom. The van der Waals surface area contributed by atoms with Crippen LogP contribution in [0.1, 0.15) is 21.6 Å². The van der Waals surface area contributed by atoms with Crippen molar-refractivity contribution in [3.05, 3.63) is 58.2 Å². The first-order valence-electron chi connectivity index (χ1n) is 7.48. The van der Waals surface area contributed by atoms with Gasteiger partial charge in [0.05, 0.1) is 10.4 Å². The van der Waals surface area contributed by atoms with Crippen molar-refractivity contribution >= 4 is 33.1 Å². The smallest absolute Gasteiger partial charge is 0.319 e. The number of benzene rings is 1. The predicted molar refractivity (Wildman–Crippen MR) is 96.1 cm³/mol. The van der Waals surface area contributed by atoms with E-state index >= 15 is 0 Å². The second-order valence-electron chi connectivity index (χ2n) is 5.64. The van der Waals surface area contributed by atoms with Gasteiger partial charge >= 0.3 is 6.03 Å². The van der Waals surface area contributed by atoms with Crippen molar-refractivity contribution in [1.29, 1.82) is 0 Å². The minimum Gasteiger partial charge on any atom is -0.334 e. The van der Waals surface area contributed by atoms with E-state index in [9.17, 15) is 4.79 Å². The van der Waals surface area contributed by atoms with Gasteiger partial charge in [0.25, 0.3) is 0 Å². The van der Waals surface area contributed by atoms with Crippen molar-refractivity contribution in [2.45, 2.75) is 27.3 Å². The highest BCUT2D eigenvalue weighted by atomic mass is 32.1. The molecule has 5 heteroatoms. The predicted octanol–water partition coefficient (Wildman–Crippen LogP) is 4.54. The largest absolute Gasteiger partial charge is 0.334 e. The number of aromatic nitrogens is 1. The highest BCUT2D eigenvalue weighted by Crippen LogP contribution is 2.34. The average Bonchev–Trinajstić information content (AvgIpc) is 2.84.